The van der Waals surface area contributed by atoms with Gasteiger partial charge in [0.2, 0.25) is 5.82 Å². The maximum Gasteiger partial charge on any atom is 0.208 e. The number of hydrogen-bond donors (Lipinski definition) is 4. The van der Waals surface area contributed by atoms with Gasteiger partial charge in [-0.05, 0) is 25.7 Å². The lowest BCUT2D eigenvalue weighted by molar-refractivity contribution is -0.0511. The number of hydrogen-bond acceptors (Lipinski definition) is 9. The van der Waals surface area contributed by atoms with Crippen molar-refractivity contribution >= 4 is 17.0 Å². The summed E-state index contributed by atoms with van der Waals surface area (Å²) in [6.45, 7) is 1.43. The van der Waals surface area contributed by atoms with Gasteiger partial charge in [-0.1, -0.05) is 5.92 Å². The molecule has 0 bridgehead atoms. The number of aliphatic hydroxyl groups excluding tert-OH is 3. The third-order valence-corrected chi connectivity index (χ3v) is 4.60. The Hall–Kier alpha value is -2.76. The summed E-state index contributed by atoms with van der Waals surface area (Å²) in [5.41, 5.74) is 6.58. The van der Waals surface area contributed by atoms with Crippen LogP contribution in [0.2, 0.25) is 0 Å². The molecule has 3 heterocycles. The summed E-state index contributed by atoms with van der Waals surface area (Å²) in [5.74, 6) is 6.14. The Morgan fingerprint density at radius 2 is 2.14 bits per heavy atom. The Labute approximate surface area is 161 Å². The molecule has 1 fully saturated rings. The molecule has 3 rings (SSSR count). The number of aromatic nitrogens is 4. The number of rotatable bonds is 5. The maximum atomic E-state index is 10.2. The summed E-state index contributed by atoms with van der Waals surface area (Å²) in [4.78, 5) is 12.6. The first-order chi connectivity index (χ1) is 13.5. The molecule has 0 spiro atoms. The third-order valence-electron chi connectivity index (χ3n) is 4.60. The molecule has 1 aliphatic rings. The van der Waals surface area contributed by atoms with E-state index in [1.807, 2.05) is 6.92 Å². The number of nitrogens with zero attached hydrogens (tertiary/aromatic N) is 5. The first-order valence-electron chi connectivity index (χ1n) is 8.97. The molecule has 10 heteroatoms. The minimum absolute atomic E-state index is 0.00432. The van der Waals surface area contributed by atoms with Gasteiger partial charge in [-0.15, -0.1) is 0 Å². The van der Waals surface area contributed by atoms with Crippen LogP contribution in [0.15, 0.2) is 6.33 Å². The Kier molecular flexibility index (Phi) is 6.07. The van der Waals surface area contributed by atoms with Crippen LogP contribution in [-0.4, -0.2) is 59.8 Å². The number of anilines is 1. The number of nitriles is 1. The summed E-state index contributed by atoms with van der Waals surface area (Å²) >= 11 is 0. The second-order valence-electron chi connectivity index (χ2n) is 6.71. The van der Waals surface area contributed by atoms with Gasteiger partial charge in [-0.3, -0.25) is 4.57 Å². The fourth-order valence-corrected chi connectivity index (χ4v) is 2.99. The van der Waals surface area contributed by atoms with Gasteiger partial charge in [0, 0.05) is 12.3 Å². The van der Waals surface area contributed by atoms with Crippen LogP contribution in [0, 0.1) is 29.1 Å². The predicted molar refractivity (Wildman–Crippen MR) is 98.3 cm³/mol. The zero-order valence-corrected chi connectivity index (χ0v) is 15.4. The van der Waals surface area contributed by atoms with Crippen molar-refractivity contribution in [1.82, 2.24) is 19.5 Å². The average molecular weight is 386 g/mol. The lowest BCUT2D eigenvalue weighted by Crippen LogP contribution is -2.33. The highest BCUT2D eigenvalue weighted by molar-refractivity contribution is 5.82. The van der Waals surface area contributed by atoms with Gasteiger partial charge in [0.25, 0.3) is 0 Å². The second kappa shape index (κ2) is 8.50. The molecule has 5 atom stereocenters. The van der Waals surface area contributed by atoms with Crippen LogP contribution in [0.1, 0.15) is 38.2 Å². The van der Waals surface area contributed by atoms with Crippen LogP contribution in [-0.2, 0) is 4.74 Å². The van der Waals surface area contributed by atoms with Crippen LogP contribution >= 0.6 is 0 Å². The Bertz CT molecular complexity index is 943. The van der Waals surface area contributed by atoms with Crippen LogP contribution < -0.4 is 5.73 Å². The van der Waals surface area contributed by atoms with E-state index in [1.165, 1.54) is 10.9 Å². The molecule has 0 aromatic carbocycles. The summed E-state index contributed by atoms with van der Waals surface area (Å²) in [6, 6.07) is 2.18. The SMILES string of the molecule is CC(C#N)CCCC#Cc1nc(N)c2ncn([C@@H]3O[C@H](CO)[C@@H](O)[C@H]3O)c2n1. The van der Waals surface area contributed by atoms with Crippen molar-refractivity contribution in [2.24, 2.45) is 5.92 Å². The molecule has 2 aromatic rings. The summed E-state index contributed by atoms with van der Waals surface area (Å²) in [5, 5.41) is 38.2. The molecular formula is C18H22N6O4. The normalized spacial score (nSPS) is 25.2. The van der Waals surface area contributed by atoms with Gasteiger partial charge in [-0.2, -0.15) is 5.26 Å². The van der Waals surface area contributed by atoms with Gasteiger partial charge < -0.3 is 25.8 Å². The molecular weight excluding hydrogens is 364 g/mol. The molecule has 1 unspecified atom stereocenters. The highest BCUT2D eigenvalue weighted by Gasteiger charge is 2.44. The quantitative estimate of drug-likeness (QED) is 0.399. The monoisotopic (exact) mass is 386 g/mol. The summed E-state index contributed by atoms with van der Waals surface area (Å²) in [7, 11) is 0. The molecule has 1 aliphatic heterocycles. The standard InChI is InChI=1S/C18H22N6O4/c1-10(7-19)5-3-2-4-6-12-22-16(20)13-17(23-12)24(9-21-13)18-15(27)14(26)11(8-25)28-18/h9-11,14-15,18,25-27H,2-3,5,8H2,1H3,(H2,20,22,23)/t10?,11-,14-,15-,18-/m1/s1. The summed E-state index contributed by atoms with van der Waals surface area (Å²) < 4.78 is 6.96. The highest BCUT2D eigenvalue weighted by Crippen LogP contribution is 2.31. The van der Waals surface area contributed by atoms with Gasteiger partial charge in [0.05, 0.1) is 19.0 Å². The van der Waals surface area contributed by atoms with E-state index in [4.69, 9.17) is 15.7 Å². The number of imidazole rings is 1. The van der Waals surface area contributed by atoms with Crippen LogP contribution in [0.25, 0.3) is 11.2 Å². The highest BCUT2D eigenvalue weighted by atomic mass is 16.6. The lowest BCUT2D eigenvalue weighted by atomic mass is 10.1. The van der Waals surface area contributed by atoms with Crippen LogP contribution in [0.4, 0.5) is 5.82 Å². The van der Waals surface area contributed by atoms with E-state index in [0.717, 1.165) is 12.8 Å². The third kappa shape index (κ3) is 3.91. The fourth-order valence-electron chi connectivity index (χ4n) is 2.99. The summed E-state index contributed by atoms with van der Waals surface area (Å²) in [6.07, 6.45) is -0.834. The van der Waals surface area contributed by atoms with Crippen molar-refractivity contribution in [2.75, 3.05) is 12.3 Å². The zero-order chi connectivity index (χ0) is 20.3. The molecule has 0 saturated carbocycles. The van der Waals surface area contributed by atoms with E-state index < -0.39 is 31.1 Å². The van der Waals surface area contributed by atoms with Gasteiger partial charge in [-0.25, -0.2) is 15.0 Å². The average Bonchev–Trinajstić information content (AvgIpc) is 3.23. The Morgan fingerprint density at radius 3 is 2.82 bits per heavy atom. The largest absolute Gasteiger partial charge is 0.394 e. The molecule has 0 amide bonds. The van der Waals surface area contributed by atoms with E-state index in [0.29, 0.717) is 17.6 Å². The van der Waals surface area contributed by atoms with Gasteiger partial charge in [0.15, 0.2) is 17.7 Å². The topological polar surface area (TPSA) is 163 Å². The van der Waals surface area contributed by atoms with Crippen molar-refractivity contribution in [3.63, 3.8) is 0 Å². The van der Waals surface area contributed by atoms with Crippen molar-refractivity contribution in [2.45, 2.75) is 50.7 Å². The van der Waals surface area contributed by atoms with E-state index in [2.05, 4.69) is 32.9 Å². The van der Waals surface area contributed by atoms with Crippen molar-refractivity contribution in [1.29, 1.82) is 5.26 Å². The predicted octanol–water partition coefficient (Wildman–Crippen LogP) is -0.299. The molecule has 5 N–H and O–H groups in total. The molecule has 0 aliphatic carbocycles. The van der Waals surface area contributed by atoms with Crippen molar-refractivity contribution < 1.29 is 20.1 Å². The second-order valence-corrected chi connectivity index (χ2v) is 6.71. The first kappa shape index (κ1) is 20.0. The Balaban J connectivity index is 1.83. The zero-order valence-electron chi connectivity index (χ0n) is 15.4. The van der Waals surface area contributed by atoms with E-state index in [1.54, 1.807) is 0 Å². The molecule has 1 saturated heterocycles. The number of ether oxygens (including phenoxy) is 1. The number of unbranched alkanes of at least 4 members (excludes halogenated alkanes) is 1. The number of aliphatic hydroxyl groups is 3. The molecule has 148 valence electrons. The van der Waals surface area contributed by atoms with E-state index >= 15 is 0 Å². The number of fused-ring (bicyclic) bond motifs is 1. The number of nitrogen functional groups attached to an aromatic ring is 1. The molecule has 0 radical (unpaired) electrons. The van der Waals surface area contributed by atoms with E-state index in [9.17, 15) is 15.3 Å². The number of nitrogens with two attached hydrogens (primary N) is 1. The maximum absolute atomic E-state index is 10.2. The van der Waals surface area contributed by atoms with Crippen molar-refractivity contribution in [3.8, 4) is 17.9 Å². The van der Waals surface area contributed by atoms with Crippen LogP contribution in [0.3, 0.4) is 0 Å². The van der Waals surface area contributed by atoms with Crippen LogP contribution in [0.5, 0.6) is 0 Å². The molecule has 10 nitrogen and oxygen atoms in total. The molecule has 28 heavy (non-hydrogen) atoms. The van der Waals surface area contributed by atoms with Gasteiger partial charge in [0.1, 0.15) is 23.8 Å². The lowest BCUT2D eigenvalue weighted by Gasteiger charge is -2.16. The van der Waals surface area contributed by atoms with Gasteiger partial charge >= 0.3 is 0 Å². The van der Waals surface area contributed by atoms with Crippen molar-refractivity contribution in [3.05, 3.63) is 12.2 Å². The first-order valence-corrected chi connectivity index (χ1v) is 8.97. The minimum atomic E-state index is -1.26. The fraction of sp³-hybridized carbons (Fsp3) is 0.556. The Morgan fingerprint density at radius 1 is 1.36 bits per heavy atom. The minimum Gasteiger partial charge on any atom is -0.394 e. The molecule has 2 aromatic heterocycles. The van der Waals surface area contributed by atoms with E-state index in [-0.39, 0.29) is 17.6 Å². The smallest absolute Gasteiger partial charge is 0.208 e.